The van der Waals surface area contributed by atoms with Crippen molar-refractivity contribution in [3.8, 4) is 0 Å². The largest absolute Gasteiger partial charge is 0.494 e. The Bertz CT molecular complexity index is 1020. The van der Waals surface area contributed by atoms with Crippen LogP contribution in [0.15, 0.2) is 40.9 Å². The van der Waals surface area contributed by atoms with Crippen LogP contribution in [0.5, 0.6) is 0 Å². The molecule has 0 amide bonds. The molecule has 0 unspecified atom stereocenters. The van der Waals surface area contributed by atoms with Crippen LogP contribution >= 0.6 is 0 Å². The van der Waals surface area contributed by atoms with Gasteiger partial charge in [-0.3, -0.25) is 0 Å². The Morgan fingerprint density at radius 1 is 1.00 bits per heavy atom. The van der Waals surface area contributed by atoms with E-state index in [4.69, 9.17) is 13.8 Å². The van der Waals surface area contributed by atoms with Gasteiger partial charge in [-0.15, -0.1) is 0 Å². The van der Waals surface area contributed by atoms with Crippen LogP contribution in [0, 0.1) is 11.6 Å². The molecule has 8 heteroatoms. The number of hydrogen-bond donors (Lipinski definition) is 1. The summed E-state index contributed by atoms with van der Waals surface area (Å²) in [5.74, 6) is -0.417. The molecular formula is C20H21BF2N2O3. The predicted octanol–water partition coefficient (Wildman–Crippen LogP) is 4.02. The summed E-state index contributed by atoms with van der Waals surface area (Å²) >= 11 is 0. The first-order valence-electron chi connectivity index (χ1n) is 9.09. The molecule has 0 bridgehead atoms. The van der Waals surface area contributed by atoms with Gasteiger partial charge < -0.3 is 19.1 Å². The molecule has 0 spiro atoms. The molecule has 2 heterocycles. The smallest absolute Gasteiger partial charge is 0.399 e. The molecule has 1 fully saturated rings. The molecule has 2 aromatic carbocycles. The molecule has 4 rings (SSSR count). The first kappa shape index (κ1) is 18.9. The Balaban J connectivity index is 1.50. The van der Waals surface area contributed by atoms with Gasteiger partial charge in [0.15, 0.2) is 11.4 Å². The van der Waals surface area contributed by atoms with Crippen molar-refractivity contribution in [2.75, 3.05) is 5.32 Å². The maximum Gasteiger partial charge on any atom is 0.494 e. The van der Waals surface area contributed by atoms with Crippen molar-refractivity contribution in [3.63, 3.8) is 0 Å². The molecule has 0 radical (unpaired) electrons. The quantitative estimate of drug-likeness (QED) is 0.687. The number of benzene rings is 2. The van der Waals surface area contributed by atoms with Gasteiger partial charge >= 0.3 is 7.12 Å². The predicted molar refractivity (Wildman–Crippen MR) is 103 cm³/mol. The van der Waals surface area contributed by atoms with Crippen molar-refractivity contribution in [2.45, 2.75) is 45.4 Å². The van der Waals surface area contributed by atoms with Crippen LogP contribution in [-0.4, -0.2) is 23.5 Å². The average molecular weight is 386 g/mol. The van der Waals surface area contributed by atoms with Crippen molar-refractivity contribution in [2.24, 2.45) is 0 Å². The molecule has 146 valence electrons. The average Bonchev–Trinajstić information content (AvgIpc) is 3.11. The number of fused-ring (bicyclic) bond motifs is 1. The fraction of sp³-hybridized carbons (Fsp3) is 0.350. The summed E-state index contributed by atoms with van der Waals surface area (Å²) in [6.07, 6.45) is 0. The molecule has 0 aliphatic carbocycles. The fourth-order valence-electron chi connectivity index (χ4n) is 3.05. The number of hydrogen-bond acceptors (Lipinski definition) is 5. The highest BCUT2D eigenvalue weighted by Crippen LogP contribution is 2.36. The highest BCUT2D eigenvalue weighted by molar-refractivity contribution is 6.62. The number of anilines is 1. The van der Waals surface area contributed by atoms with Crippen molar-refractivity contribution < 1.29 is 22.6 Å². The van der Waals surface area contributed by atoms with Gasteiger partial charge in [0.1, 0.15) is 11.6 Å². The van der Waals surface area contributed by atoms with Crippen molar-refractivity contribution in [1.29, 1.82) is 0 Å². The Morgan fingerprint density at radius 3 is 2.39 bits per heavy atom. The van der Waals surface area contributed by atoms with E-state index in [-0.39, 0.29) is 6.54 Å². The lowest BCUT2D eigenvalue weighted by Gasteiger charge is -2.32. The van der Waals surface area contributed by atoms with E-state index in [0.29, 0.717) is 27.8 Å². The summed E-state index contributed by atoms with van der Waals surface area (Å²) in [5.41, 5.74) is 0.539. The summed E-state index contributed by atoms with van der Waals surface area (Å²) < 4.78 is 45.1. The number of aromatic nitrogens is 1. The van der Waals surface area contributed by atoms with Gasteiger partial charge in [-0.1, -0.05) is 17.3 Å². The van der Waals surface area contributed by atoms with Crippen molar-refractivity contribution >= 4 is 29.4 Å². The summed E-state index contributed by atoms with van der Waals surface area (Å²) in [7, 11) is -0.621. The third-order valence-corrected chi connectivity index (χ3v) is 5.48. The van der Waals surface area contributed by atoms with Crippen molar-refractivity contribution in [3.05, 3.63) is 53.6 Å². The molecule has 1 saturated heterocycles. The third kappa shape index (κ3) is 3.27. The van der Waals surface area contributed by atoms with Crippen LogP contribution in [0.3, 0.4) is 0 Å². The van der Waals surface area contributed by atoms with E-state index in [1.54, 1.807) is 12.1 Å². The monoisotopic (exact) mass is 386 g/mol. The molecule has 1 N–H and O–H groups in total. The minimum absolute atomic E-state index is 0.174. The zero-order chi connectivity index (χ0) is 20.1. The van der Waals surface area contributed by atoms with E-state index in [1.165, 1.54) is 24.3 Å². The lowest BCUT2D eigenvalue weighted by atomic mass is 9.78. The third-order valence-electron chi connectivity index (χ3n) is 5.48. The second-order valence-corrected chi connectivity index (χ2v) is 7.96. The molecule has 1 aromatic heterocycles. The van der Waals surface area contributed by atoms with E-state index in [2.05, 4.69) is 10.5 Å². The maximum absolute atomic E-state index is 14.6. The van der Waals surface area contributed by atoms with Gasteiger partial charge in [0.2, 0.25) is 0 Å². The number of halogens is 2. The lowest BCUT2D eigenvalue weighted by Crippen LogP contribution is -2.41. The van der Waals surface area contributed by atoms with E-state index < -0.39 is 30.0 Å². The standard InChI is InChI=1S/C20H21BF2N2O3/c1-19(2)20(3,4)28-21(27-19)13-6-5-12(16(23)9-13)11-24-18-15-10-14(22)7-8-17(15)26-25-18/h5-10H,11H2,1-4H3,(H,24,25). The zero-order valence-corrected chi connectivity index (χ0v) is 16.2. The summed E-state index contributed by atoms with van der Waals surface area (Å²) in [4.78, 5) is 0. The van der Waals surface area contributed by atoms with Crippen LogP contribution in [0.25, 0.3) is 11.0 Å². The van der Waals surface area contributed by atoms with Gasteiger partial charge in [-0.2, -0.15) is 0 Å². The van der Waals surface area contributed by atoms with E-state index in [9.17, 15) is 8.78 Å². The second-order valence-electron chi connectivity index (χ2n) is 7.96. The van der Waals surface area contributed by atoms with Gasteiger partial charge in [0, 0.05) is 12.1 Å². The molecule has 0 saturated carbocycles. The SMILES string of the molecule is CC1(C)OB(c2ccc(CNc3noc4ccc(F)cc34)c(F)c2)OC1(C)C. The van der Waals surface area contributed by atoms with Crippen molar-refractivity contribution in [1.82, 2.24) is 5.16 Å². The van der Waals surface area contributed by atoms with Crippen LogP contribution in [0.1, 0.15) is 33.3 Å². The van der Waals surface area contributed by atoms with E-state index >= 15 is 0 Å². The Hall–Kier alpha value is -2.45. The van der Waals surface area contributed by atoms with Gasteiger partial charge in [0.25, 0.3) is 0 Å². The highest BCUT2D eigenvalue weighted by atomic mass is 19.1. The topological polar surface area (TPSA) is 56.5 Å². The lowest BCUT2D eigenvalue weighted by molar-refractivity contribution is 0.00578. The number of nitrogens with one attached hydrogen (secondary N) is 1. The minimum Gasteiger partial charge on any atom is -0.399 e. The summed E-state index contributed by atoms with van der Waals surface area (Å²) in [6.45, 7) is 7.98. The number of rotatable bonds is 4. The Kier molecular flexibility index (Phi) is 4.43. The molecule has 1 aliphatic rings. The molecule has 28 heavy (non-hydrogen) atoms. The normalized spacial score (nSPS) is 18.0. The minimum atomic E-state index is -0.621. The van der Waals surface area contributed by atoms with Crippen LogP contribution in [0.4, 0.5) is 14.6 Å². The van der Waals surface area contributed by atoms with E-state index in [0.717, 1.165) is 0 Å². The van der Waals surface area contributed by atoms with Crippen LogP contribution in [0.2, 0.25) is 0 Å². The van der Waals surface area contributed by atoms with E-state index in [1.807, 2.05) is 27.7 Å². The molecular weight excluding hydrogens is 365 g/mol. The zero-order valence-electron chi connectivity index (χ0n) is 16.2. The first-order chi connectivity index (χ1) is 13.2. The fourth-order valence-corrected chi connectivity index (χ4v) is 3.05. The van der Waals surface area contributed by atoms with Crippen LogP contribution < -0.4 is 10.8 Å². The van der Waals surface area contributed by atoms with Crippen LogP contribution in [-0.2, 0) is 15.9 Å². The first-order valence-corrected chi connectivity index (χ1v) is 9.09. The Morgan fingerprint density at radius 2 is 1.71 bits per heavy atom. The second kappa shape index (κ2) is 6.56. The molecule has 5 nitrogen and oxygen atoms in total. The molecule has 1 aliphatic heterocycles. The summed E-state index contributed by atoms with van der Waals surface area (Å²) in [5, 5.41) is 7.38. The highest BCUT2D eigenvalue weighted by Gasteiger charge is 2.51. The summed E-state index contributed by atoms with van der Waals surface area (Å²) in [6, 6.07) is 8.99. The number of nitrogens with zero attached hydrogens (tertiary/aromatic N) is 1. The molecule has 3 aromatic rings. The maximum atomic E-state index is 14.6. The van der Waals surface area contributed by atoms with Gasteiger partial charge in [-0.05, 0) is 57.4 Å². The Labute approximate surface area is 162 Å². The molecule has 0 atom stereocenters. The van der Waals surface area contributed by atoms with Gasteiger partial charge in [-0.25, -0.2) is 8.78 Å². The van der Waals surface area contributed by atoms with Gasteiger partial charge in [0.05, 0.1) is 16.6 Å².